The number of amides is 2. The van der Waals surface area contributed by atoms with Gasteiger partial charge in [0, 0.05) is 0 Å². The van der Waals surface area contributed by atoms with E-state index in [9.17, 15) is 19.5 Å². The molecule has 1 N–H and O–H groups in total. The molecule has 1 saturated heterocycles. The van der Waals surface area contributed by atoms with Crippen LogP contribution in [0.15, 0.2) is 23.4 Å². The van der Waals surface area contributed by atoms with Crippen molar-refractivity contribution in [2.24, 2.45) is 5.41 Å². The fraction of sp³-hybridized carbons (Fsp3) is 0.533. The van der Waals surface area contributed by atoms with Crippen LogP contribution in [0.4, 0.5) is 4.79 Å². The van der Waals surface area contributed by atoms with Gasteiger partial charge in [0.1, 0.15) is 11.0 Å². The van der Waals surface area contributed by atoms with Crippen molar-refractivity contribution in [1.82, 2.24) is 4.90 Å². The van der Waals surface area contributed by atoms with Gasteiger partial charge in [-0.2, -0.15) is 0 Å². The molecule has 2 unspecified atom stereocenters. The molecule has 0 aromatic carbocycles. The largest absolute Gasteiger partial charge is 0.481 e. The molecule has 1 aliphatic carbocycles. The predicted octanol–water partition coefficient (Wildman–Crippen LogP) is 2.68. The minimum Gasteiger partial charge on any atom is -0.481 e. The molecule has 1 fully saturated rings. The van der Waals surface area contributed by atoms with Crippen molar-refractivity contribution in [3.63, 3.8) is 0 Å². The molecule has 2 amide bonds. The number of imide groups is 1. The highest BCUT2D eigenvalue weighted by Gasteiger charge is 2.47. The van der Waals surface area contributed by atoms with Gasteiger partial charge in [-0.3, -0.25) is 9.59 Å². The Bertz CT molecular complexity index is 616. The summed E-state index contributed by atoms with van der Waals surface area (Å²) in [7, 11) is 0. The van der Waals surface area contributed by atoms with Crippen LogP contribution in [-0.4, -0.2) is 39.0 Å². The lowest BCUT2D eigenvalue weighted by atomic mass is 9.80. The Morgan fingerprint density at radius 1 is 1.45 bits per heavy atom. The Balaban J connectivity index is 2.42. The number of hydrogen-bond donors (Lipinski definition) is 1. The normalized spacial score (nSPS) is 28.0. The van der Waals surface area contributed by atoms with Gasteiger partial charge in [-0.25, -0.2) is 9.69 Å². The van der Waals surface area contributed by atoms with Gasteiger partial charge in [0.2, 0.25) is 5.91 Å². The first kappa shape index (κ1) is 16.5. The van der Waals surface area contributed by atoms with Crippen molar-refractivity contribution in [3.05, 3.63) is 23.4 Å². The highest BCUT2D eigenvalue weighted by molar-refractivity contribution is 6.24. The van der Waals surface area contributed by atoms with Gasteiger partial charge in [0.15, 0.2) is 0 Å². The summed E-state index contributed by atoms with van der Waals surface area (Å²) in [5, 5.41) is 8.59. The average molecular weight is 328 g/mol. The quantitative estimate of drug-likeness (QED) is 0.748. The maximum atomic E-state index is 12.2. The number of carboxylic acids is 1. The summed E-state index contributed by atoms with van der Waals surface area (Å²) in [5.41, 5.74) is -1.36. The van der Waals surface area contributed by atoms with Crippen molar-refractivity contribution in [2.75, 3.05) is 0 Å². The third kappa shape index (κ3) is 2.75. The molecule has 2 atom stereocenters. The van der Waals surface area contributed by atoms with E-state index < -0.39 is 34.4 Å². The molecular weight excluding hydrogens is 310 g/mol. The molecule has 2 rings (SSSR count). The van der Waals surface area contributed by atoms with E-state index in [4.69, 9.17) is 16.3 Å². The SMILES string of the molecule is CC(C)(C)OC(=O)N1C(=O)CC2=CC(Cl)C(C)(C(=O)O)C=C21. The van der Waals surface area contributed by atoms with E-state index in [1.807, 2.05) is 0 Å². The van der Waals surface area contributed by atoms with Crippen LogP contribution in [0.3, 0.4) is 0 Å². The van der Waals surface area contributed by atoms with Crippen molar-refractivity contribution >= 4 is 29.6 Å². The Morgan fingerprint density at radius 3 is 2.55 bits per heavy atom. The second-order valence-electron chi connectivity index (χ2n) is 6.60. The molecule has 0 bridgehead atoms. The molecule has 1 aliphatic heterocycles. The molecule has 22 heavy (non-hydrogen) atoms. The van der Waals surface area contributed by atoms with Crippen molar-refractivity contribution in [3.8, 4) is 0 Å². The van der Waals surface area contributed by atoms with Gasteiger partial charge in [0.25, 0.3) is 0 Å². The van der Waals surface area contributed by atoms with Gasteiger partial charge in [-0.05, 0) is 39.3 Å². The van der Waals surface area contributed by atoms with E-state index in [0.29, 0.717) is 5.57 Å². The number of halogens is 1. The zero-order valence-corrected chi connectivity index (χ0v) is 13.6. The lowest BCUT2D eigenvalue weighted by Gasteiger charge is -2.31. The summed E-state index contributed by atoms with van der Waals surface area (Å²) >= 11 is 6.12. The fourth-order valence-electron chi connectivity index (χ4n) is 2.31. The predicted molar refractivity (Wildman–Crippen MR) is 79.2 cm³/mol. The Labute approximate surface area is 133 Å². The number of ether oxygens (including phenoxy) is 1. The zero-order valence-electron chi connectivity index (χ0n) is 12.8. The van der Waals surface area contributed by atoms with Crippen LogP contribution in [0.2, 0.25) is 0 Å². The Kier molecular flexibility index (Phi) is 3.85. The van der Waals surface area contributed by atoms with Crippen LogP contribution in [-0.2, 0) is 14.3 Å². The van der Waals surface area contributed by atoms with Gasteiger partial charge < -0.3 is 9.84 Å². The zero-order chi connectivity index (χ0) is 16.9. The molecule has 120 valence electrons. The number of hydrogen-bond acceptors (Lipinski definition) is 4. The molecular formula is C15H18ClNO5. The number of carbonyl (C=O) groups is 3. The molecule has 2 aliphatic rings. The van der Waals surface area contributed by atoms with Crippen molar-refractivity contribution < 1.29 is 24.2 Å². The first-order valence-electron chi connectivity index (χ1n) is 6.83. The van der Waals surface area contributed by atoms with E-state index in [1.165, 1.54) is 19.1 Å². The molecule has 0 aromatic rings. The van der Waals surface area contributed by atoms with E-state index in [1.54, 1.807) is 20.8 Å². The average Bonchev–Trinajstić information content (AvgIpc) is 2.62. The van der Waals surface area contributed by atoms with Crippen LogP contribution in [0.25, 0.3) is 0 Å². The minimum atomic E-state index is -1.40. The molecule has 0 radical (unpaired) electrons. The van der Waals surface area contributed by atoms with Gasteiger partial charge >= 0.3 is 12.1 Å². The summed E-state index contributed by atoms with van der Waals surface area (Å²) in [4.78, 5) is 36.7. The van der Waals surface area contributed by atoms with Crippen molar-refractivity contribution in [2.45, 2.75) is 45.1 Å². The van der Waals surface area contributed by atoms with Crippen LogP contribution >= 0.6 is 11.6 Å². The number of aliphatic carboxylic acids is 1. The smallest absolute Gasteiger partial charge is 0.421 e. The number of nitrogens with zero attached hydrogens (tertiary/aromatic N) is 1. The first-order chi connectivity index (χ1) is 9.95. The number of allylic oxidation sites excluding steroid dienone is 2. The second kappa shape index (κ2) is 5.12. The summed E-state index contributed by atoms with van der Waals surface area (Å²) in [6.07, 6.45) is 2.07. The number of likely N-dealkylation sites (tertiary alicyclic amines) is 1. The Morgan fingerprint density at radius 2 is 2.05 bits per heavy atom. The summed E-state index contributed by atoms with van der Waals surface area (Å²) in [5.74, 6) is -1.58. The highest BCUT2D eigenvalue weighted by atomic mass is 35.5. The molecule has 7 heteroatoms. The van der Waals surface area contributed by atoms with Crippen LogP contribution < -0.4 is 0 Å². The first-order valence-corrected chi connectivity index (χ1v) is 7.26. The molecule has 0 aromatic heterocycles. The van der Waals surface area contributed by atoms with Crippen LogP contribution in [0.5, 0.6) is 0 Å². The van der Waals surface area contributed by atoms with E-state index >= 15 is 0 Å². The van der Waals surface area contributed by atoms with Crippen LogP contribution in [0, 0.1) is 5.41 Å². The maximum Gasteiger partial charge on any atom is 0.421 e. The standard InChI is InChI=1S/C15H18ClNO5/c1-14(2,3)22-13(21)17-9-7-15(4,12(19)20)10(16)5-8(9)6-11(17)18/h5,7,10H,6H2,1-4H3,(H,19,20). The third-order valence-corrected chi connectivity index (χ3v) is 4.13. The number of fused-ring (bicyclic) bond motifs is 1. The number of alkyl halides is 1. The molecule has 0 spiro atoms. The lowest BCUT2D eigenvalue weighted by molar-refractivity contribution is -0.145. The fourth-order valence-corrected chi connectivity index (χ4v) is 2.62. The minimum absolute atomic E-state index is 0.00396. The maximum absolute atomic E-state index is 12.2. The van der Waals surface area contributed by atoms with E-state index in [-0.39, 0.29) is 12.1 Å². The second-order valence-corrected chi connectivity index (χ2v) is 7.07. The molecule has 0 saturated carbocycles. The number of rotatable bonds is 1. The van der Waals surface area contributed by atoms with Gasteiger partial charge in [-0.15, -0.1) is 11.6 Å². The summed E-state index contributed by atoms with van der Waals surface area (Å²) < 4.78 is 5.21. The van der Waals surface area contributed by atoms with Gasteiger partial charge in [0.05, 0.1) is 17.5 Å². The highest BCUT2D eigenvalue weighted by Crippen LogP contribution is 2.42. The van der Waals surface area contributed by atoms with Crippen LogP contribution in [0.1, 0.15) is 34.1 Å². The molecule has 1 heterocycles. The lowest BCUT2D eigenvalue weighted by Crippen LogP contribution is -2.40. The monoisotopic (exact) mass is 327 g/mol. The summed E-state index contributed by atoms with van der Waals surface area (Å²) in [6, 6.07) is 0. The number of carbonyl (C=O) groups excluding carboxylic acids is 2. The Hall–Kier alpha value is -1.82. The molecule has 6 nitrogen and oxygen atoms in total. The van der Waals surface area contributed by atoms with E-state index in [0.717, 1.165) is 4.90 Å². The summed E-state index contributed by atoms with van der Waals surface area (Å²) in [6.45, 7) is 6.51. The van der Waals surface area contributed by atoms with Crippen molar-refractivity contribution in [1.29, 1.82) is 0 Å². The van der Waals surface area contributed by atoms with Gasteiger partial charge in [-0.1, -0.05) is 6.08 Å². The topological polar surface area (TPSA) is 83.9 Å². The van der Waals surface area contributed by atoms with E-state index in [2.05, 4.69) is 0 Å². The number of carboxylic acid groups (broad SMARTS) is 1. The third-order valence-electron chi connectivity index (χ3n) is 3.55.